The van der Waals surface area contributed by atoms with E-state index in [2.05, 4.69) is 9.97 Å². The predicted molar refractivity (Wildman–Crippen MR) is 92.9 cm³/mol. The molecule has 0 aliphatic rings. The lowest BCUT2D eigenvalue weighted by molar-refractivity contribution is 0.0533. The van der Waals surface area contributed by atoms with Gasteiger partial charge in [0, 0.05) is 0 Å². The zero-order valence-corrected chi connectivity index (χ0v) is 14.4. The summed E-state index contributed by atoms with van der Waals surface area (Å²) in [7, 11) is 0. The summed E-state index contributed by atoms with van der Waals surface area (Å²) in [6.45, 7) is 2.08. The lowest BCUT2D eigenvalue weighted by Crippen LogP contribution is -2.04. The molecule has 3 rings (SSSR count). The van der Waals surface area contributed by atoms with E-state index in [0.717, 1.165) is 16.0 Å². The first kappa shape index (κ1) is 15.3. The summed E-state index contributed by atoms with van der Waals surface area (Å²) in [4.78, 5) is 23.2. The number of esters is 1. The summed E-state index contributed by atoms with van der Waals surface area (Å²) < 4.78 is 5.07. The van der Waals surface area contributed by atoms with Gasteiger partial charge in [-0.15, -0.1) is 22.7 Å². The molecular weight excluding hydrogens is 338 g/mol. The van der Waals surface area contributed by atoms with Crippen molar-refractivity contribution in [3.05, 3.63) is 22.4 Å². The summed E-state index contributed by atoms with van der Waals surface area (Å²) in [6, 6.07) is 3.94. The van der Waals surface area contributed by atoms with Gasteiger partial charge in [-0.25, -0.2) is 14.8 Å². The predicted octanol–water partition coefficient (Wildman–Crippen LogP) is 3.90. The van der Waals surface area contributed by atoms with E-state index in [4.69, 9.17) is 10.5 Å². The van der Waals surface area contributed by atoms with E-state index in [-0.39, 0.29) is 0 Å². The molecule has 114 valence electrons. The molecule has 0 aliphatic carbocycles. The normalized spacial score (nSPS) is 11.0. The maximum absolute atomic E-state index is 12.0. The van der Waals surface area contributed by atoms with Crippen LogP contribution >= 0.6 is 34.4 Å². The number of nitrogens with zero attached hydrogens (tertiary/aromatic N) is 2. The SMILES string of the molecule is CCOC(=O)c1sc2nc(SC)nc(-c3cccs3)c2c1N. The summed E-state index contributed by atoms with van der Waals surface area (Å²) in [5.41, 5.74) is 7.37. The number of fused-ring (bicyclic) bond motifs is 1. The second kappa shape index (κ2) is 6.23. The molecule has 0 unspecified atom stereocenters. The molecule has 8 heteroatoms. The monoisotopic (exact) mass is 351 g/mol. The molecule has 3 aromatic rings. The highest BCUT2D eigenvalue weighted by Gasteiger charge is 2.23. The van der Waals surface area contributed by atoms with Crippen LogP contribution in [0.3, 0.4) is 0 Å². The number of anilines is 1. The Morgan fingerprint density at radius 2 is 2.27 bits per heavy atom. The van der Waals surface area contributed by atoms with Crippen LogP contribution in [0.1, 0.15) is 16.6 Å². The van der Waals surface area contributed by atoms with E-state index < -0.39 is 5.97 Å². The smallest absolute Gasteiger partial charge is 0.350 e. The number of thioether (sulfide) groups is 1. The Morgan fingerprint density at radius 1 is 1.45 bits per heavy atom. The highest BCUT2D eigenvalue weighted by Crippen LogP contribution is 2.40. The number of nitrogens with two attached hydrogens (primary N) is 1. The van der Waals surface area contributed by atoms with Crippen molar-refractivity contribution in [2.24, 2.45) is 0 Å². The average molecular weight is 351 g/mol. The maximum Gasteiger partial charge on any atom is 0.350 e. The number of aromatic nitrogens is 2. The molecule has 0 amide bonds. The van der Waals surface area contributed by atoms with Gasteiger partial charge in [-0.3, -0.25) is 0 Å². The largest absolute Gasteiger partial charge is 0.462 e. The summed E-state index contributed by atoms with van der Waals surface area (Å²) in [5, 5.41) is 3.37. The number of carbonyl (C=O) groups excluding carboxylic acids is 1. The standard InChI is InChI=1S/C14H13N3O2S3/c1-3-19-13(18)11-9(15)8-10(7-5-4-6-21-7)16-14(20-2)17-12(8)22-11/h4-6H,3,15H2,1-2H3. The minimum Gasteiger partial charge on any atom is -0.462 e. The quantitative estimate of drug-likeness (QED) is 0.436. The van der Waals surface area contributed by atoms with Crippen molar-refractivity contribution < 1.29 is 9.53 Å². The van der Waals surface area contributed by atoms with Crippen LogP contribution in [0.25, 0.3) is 20.8 Å². The molecule has 3 aromatic heterocycles. The molecule has 0 fully saturated rings. The van der Waals surface area contributed by atoms with Crippen LogP contribution in [0, 0.1) is 0 Å². The first-order valence-corrected chi connectivity index (χ1v) is 9.42. The molecule has 0 bridgehead atoms. The maximum atomic E-state index is 12.0. The molecular formula is C14H13N3O2S3. The molecule has 0 radical (unpaired) electrons. The molecule has 2 N–H and O–H groups in total. The van der Waals surface area contributed by atoms with Crippen LogP contribution in [0.4, 0.5) is 5.69 Å². The van der Waals surface area contributed by atoms with Crippen LogP contribution in [0.2, 0.25) is 0 Å². The van der Waals surface area contributed by atoms with Gasteiger partial charge in [0.1, 0.15) is 9.71 Å². The van der Waals surface area contributed by atoms with Gasteiger partial charge in [0.2, 0.25) is 0 Å². The number of carbonyl (C=O) groups is 1. The van der Waals surface area contributed by atoms with Crippen molar-refractivity contribution in [1.82, 2.24) is 9.97 Å². The van der Waals surface area contributed by atoms with Crippen LogP contribution in [0.5, 0.6) is 0 Å². The Morgan fingerprint density at radius 3 is 2.91 bits per heavy atom. The molecule has 0 aromatic carbocycles. The zero-order valence-electron chi connectivity index (χ0n) is 12.0. The van der Waals surface area contributed by atoms with Gasteiger partial charge in [-0.05, 0) is 24.6 Å². The Bertz CT molecular complexity index is 828. The highest BCUT2D eigenvalue weighted by molar-refractivity contribution is 7.98. The molecule has 0 spiro atoms. The Kier molecular flexibility index (Phi) is 4.32. The lowest BCUT2D eigenvalue weighted by atomic mass is 10.2. The highest BCUT2D eigenvalue weighted by atomic mass is 32.2. The summed E-state index contributed by atoms with van der Waals surface area (Å²) in [6.07, 6.45) is 1.92. The number of ether oxygens (including phenoxy) is 1. The van der Waals surface area contributed by atoms with E-state index >= 15 is 0 Å². The van der Waals surface area contributed by atoms with Gasteiger partial charge in [0.15, 0.2) is 5.16 Å². The molecule has 0 aliphatic heterocycles. The minimum absolute atomic E-state index is 0.312. The van der Waals surface area contributed by atoms with Crippen molar-refractivity contribution in [2.45, 2.75) is 12.1 Å². The first-order chi connectivity index (χ1) is 10.7. The zero-order chi connectivity index (χ0) is 15.7. The van der Waals surface area contributed by atoms with E-state index in [9.17, 15) is 4.79 Å². The third kappa shape index (κ3) is 2.57. The van der Waals surface area contributed by atoms with Crippen LogP contribution < -0.4 is 5.73 Å². The second-order valence-corrected chi connectivity index (χ2v) is 7.00. The molecule has 0 saturated carbocycles. The van der Waals surface area contributed by atoms with E-state index in [1.54, 1.807) is 18.3 Å². The van der Waals surface area contributed by atoms with E-state index in [1.165, 1.54) is 23.1 Å². The van der Waals surface area contributed by atoms with Crippen molar-refractivity contribution in [1.29, 1.82) is 0 Å². The van der Waals surface area contributed by atoms with E-state index in [0.29, 0.717) is 27.2 Å². The molecule has 22 heavy (non-hydrogen) atoms. The molecule has 3 heterocycles. The number of rotatable bonds is 4. The third-order valence-electron chi connectivity index (χ3n) is 2.97. The molecule has 5 nitrogen and oxygen atoms in total. The topological polar surface area (TPSA) is 78.1 Å². The fourth-order valence-corrected chi connectivity index (χ4v) is 4.17. The third-order valence-corrected chi connectivity index (χ3v) is 5.47. The van der Waals surface area contributed by atoms with Gasteiger partial charge in [0.25, 0.3) is 0 Å². The number of hydrogen-bond donors (Lipinski definition) is 1. The first-order valence-electron chi connectivity index (χ1n) is 6.50. The summed E-state index contributed by atoms with van der Waals surface area (Å²) >= 11 is 4.29. The fraction of sp³-hybridized carbons (Fsp3) is 0.214. The molecule has 0 atom stereocenters. The van der Waals surface area contributed by atoms with Crippen LogP contribution in [-0.2, 0) is 4.74 Å². The van der Waals surface area contributed by atoms with Crippen molar-refractivity contribution >= 4 is 56.3 Å². The van der Waals surface area contributed by atoms with Crippen molar-refractivity contribution in [2.75, 3.05) is 18.6 Å². The fourth-order valence-electron chi connectivity index (χ4n) is 2.03. The summed E-state index contributed by atoms with van der Waals surface area (Å²) in [5.74, 6) is -0.411. The Labute approximate surface area is 139 Å². The van der Waals surface area contributed by atoms with Crippen molar-refractivity contribution in [3.8, 4) is 10.6 Å². The Balaban J connectivity index is 2.27. The molecule has 0 saturated heterocycles. The van der Waals surface area contributed by atoms with Crippen LogP contribution in [0.15, 0.2) is 22.7 Å². The van der Waals surface area contributed by atoms with Gasteiger partial charge in [-0.1, -0.05) is 17.8 Å². The minimum atomic E-state index is -0.411. The van der Waals surface area contributed by atoms with Gasteiger partial charge in [-0.2, -0.15) is 0 Å². The average Bonchev–Trinajstić information content (AvgIpc) is 3.15. The van der Waals surface area contributed by atoms with E-state index in [1.807, 2.05) is 23.8 Å². The number of nitrogen functional groups attached to an aromatic ring is 1. The lowest BCUT2D eigenvalue weighted by Gasteiger charge is -2.03. The van der Waals surface area contributed by atoms with Gasteiger partial charge < -0.3 is 10.5 Å². The van der Waals surface area contributed by atoms with Gasteiger partial charge >= 0.3 is 5.97 Å². The Hall–Kier alpha value is -1.64. The van der Waals surface area contributed by atoms with Crippen molar-refractivity contribution in [3.63, 3.8) is 0 Å². The van der Waals surface area contributed by atoms with Gasteiger partial charge in [0.05, 0.1) is 28.3 Å². The van der Waals surface area contributed by atoms with Crippen LogP contribution in [-0.4, -0.2) is 28.8 Å². The number of thiophene rings is 2. The second-order valence-electron chi connectivity index (χ2n) is 4.28. The number of hydrogen-bond acceptors (Lipinski definition) is 8.